The minimum absolute atomic E-state index is 0.0825. The van der Waals surface area contributed by atoms with Crippen LogP contribution in [0.5, 0.6) is 5.75 Å². The molecule has 0 spiro atoms. The van der Waals surface area contributed by atoms with E-state index < -0.39 is 0 Å². The molecule has 1 amide bonds. The van der Waals surface area contributed by atoms with Gasteiger partial charge < -0.3 is 10.4 Å². The van der Waals surface area contributed by atoms with Crippen LogP contribution in [0.1, 0.15) is 5.82 Å². The minimum Gasteiger partial charge on any atom is -0.508 e. The fraction of sp³-hybridized carbons (Fsp3) is 0.200. The third-order valence-electron chi connectivity index (χ3n) is 2.16. The smallest absolute Gasteiger partial charge is 0.232 e. The number of aromatic hydroxyl groups is 1. The molecule has 0 fully saturated rings. The van der Waals surface area contributed by atoms with E-state index in [0.29, 0.717) is 11.5 Å². The monoisotopic (exact) mass is 233 g/mol. The topological polar surface area (TPSA) is 92.9 Å². The molecule has 0 atom stereocenters. The largest absolute Gasteiger partial charge is 0.508 e. The molecule has 88 valence electrons. The highest BCUT2D eigenvalue weighted by Crippen LogP contribution is 2.15. The van der Waals surface area contributed by atoms with Crippen molar-refractivity contribution in [1.29, 1.82) is 0 Å². The second-order valence-electron chi connectivity index (χ2n) is 3.49. The van der Waals surface area contributed by atoms with E-state index in [1.807, 2.05) is 0 Å². The predicted octanol–water partition coefficient (Wildman–Crippen LogP) is 0.0969. The number of phenols is 1. The summed E-state index contributed by atoms with van der Waals surface area (Å²) in [5, 5.41) is 22.7. The van der Waals surface area contributed by atoms with Gasteiger partial charge in [0.2, 0.25) is 5.91 Å². The number of amides is 1. The molecular weight excluding hydrogens is 222 g/mol. The first kappa shape index (κ1) is 11.1. The number of hydrogen-bond acceptors (Lipinski definition) is 5. The third-order valence-corrected chi connectivity index (χ3v) is 2.16. The van der Waals surface area contributed by atoms with E-state index >= 15 is 0 Å². The van der Waals surface area contributed by atoms with Gasteiger partial charge in [-0.2, -0.15) is 0 Å². The molecule has 0 unspecified atom stereocenters. The van der Waals surface area contributed by atoms with E-state index in [2.05, 4.69) is 20.8 Å². The lowest BCUT2D eigenvalue weighted by Gasteiger charge is -2.04. The lowest BCUT2D eigenvalue weighted by atomic mass is 10.3. The Labute approximate surface area is 97.1 Å². The van der Waals surface area contributed by atoms with Crippen LogP contribution in [0.2, 0.25) is 0 Å². The number of carbonyl (C=O) groups excluding carboxylic acids is 1. The molecule has 2 rings (SSSR count). The summed E-state index contributed by atoms with van der Waals surface area (Å²) in [5.74, 6) is 0.333. The number of aryl methyl sites for hydroxylation is 1. The highest BCUT2D eigenvalue weighted by Gasteiger charge is 2.09. The summed E-state index contributed by atoms with van der Waals surface area (Å²) in [4.78, 5) is 11.6. The van der Waals surface area contributed by atoms with Gasteiger partial charge in [0, 0.05) is 18.8 Å². The molecule has 17 heavy (non-hydrogen) atoms. The van der Waals surface area contributed by atoms with Crippen molar-refractivity contribution in [2.24, 2.45) is 7.05 Å². The van der Waals surface area contributed by atoms with Crippen molar-refractivity contribution in [3.63, 3.8) is 0 Å². The molecule has 7 nitrogen and oxygen atoms in total. The Bertz CT molecular complexity index is 537. The van der Waals surface area contributed by atoms with Gasteiger partial charge in [-0.05, 0) is 22.6 Å². The molecule has 7 heteroatoms. The van der Waals surface area contributed by atoms with Gasteiger partial charge in [-0.15, -0.1) is 5.10 Å². The van der Waals surface area contributed by atoms with Crippen molar-refractivity contribution in [1.82, 2.24) is 20.2 Å². The summed E-state index contributed by atoms with van der Waals surface area (Å²) in [6.45, 7) is 0. The number of nitrogens with zero attached hydrogens (tertiary/aromatic N) is 4. The second kappa shape index (κ2) is 4.60. The van der Waals surface area contributed by atoms with E-state index in [-0.39, 0.29) is 18.1 Å². The first-order valence-electron chi connectivity index (χ1n) is 4.95. The predicted molar refractivity (Wildman–Crippen MR) is 59.2 cm³/mol. The molecule has 1 aromatic heterocycles. The van der Waals surface area contributed by atoms with Crippen molar-refractivity contribution in [2.75, 3.05) is 5.32 Å². The number of nitrogens with one attached hydrogen (secondary N) is 1. The molecule has 0 radical (unpaired) electrons. The molecule has 1 heterocycles. The van der Waals surface area contributed by atoms with Crippen LogP contribution in [0.15, 0.2) is 24.3 Å². The van der Waals surface area contributed by atoms with Crippen molar-refractivity contribution >= 4 is 11.6 Å². The molecule has 0 aliphatic heterocycles. The Hall–Kier alpha value is -2.44. The highest BCUT2D eigenvalue weighted by molar-refractivity contribution is 5.91. The van der Waals surface area contributed by atoms with Gasteiger partial charge in [0.05, 0.1) is 6.42 Å². The number of rotatable bonds is 3. The zero-order valence-electron chi connectivity index (χ0n) is 9.16. The van der Waals surface area contributed by atoms with Gasteiger partial charge >= 0.3 is 0 Å². The van der Waals surface area contributed by atoms with Gasteiger partial charge in [0.1, 0.15) is 5.75 Å². The summed E-state index contributed by atoms with van der Waals surface area (Å²) >= 11 is 0. The second-order valence-corrected chi connectivity index (χ2v) is 3.49. The fourth-order valence-electron chi connectivity index (χ4n) is 1.33. The number of aromatic nitrogens is 4. The lowest BCUT2D eigenvalue weighted by Crippen LogP contribution is -2.17. The molecule has 0 saturated carbocycles. The zero-order chi connectivity index (χ0) is 12.3. The van der Waals surface area contributed by atoms with Crippen LogP contribution in [0.4, 0.5) is 5.69 Å². The van der Waals surface area contributed by atoms with Crippen molar-refractivity contribution in [2.45, 2.75) is 6.42 Å². The first-order chi connectivity index (χ1) is 8.15. The van der Waals surface area contributed by atoms with Crippen LogP contribution >= 0.6 is 0 Å². The Balaban J connectivity index is 2.01. The first-order valence-corrected chi connectivity index (χ1v) is 4.95. The van der Waals surface area contributed by atoms with Crippen molar-refractivity contribution in [3.8, 4) is 5.75 Å². The van der Waals surface area contributed by atoms with E-state index in [1.54, 1.807) is 19.2 Å². The number of phenolic OH excluding ortho intramolecular Hbond substituents is 1. The van der Waals surface area contributed by atoms with Crippen LogP contribution in [-0.4, -0.2) is 31.2 Å². The Morgan fingerprint density at radius 3 is 3.00 bits per heavy atom. The maximum Gasteiger partial charge on any atom is 0.232 e. The van der Waals surface area contributed by atoms with E-state index in [0.717, 1.165) is 0 Å². The van der Waals surface area contributed by atoms with Gasteiger partial charge in [-0.25, -0.2) is 4.68 Å². The number of carbonyl (C=O) groups is 1. The van der Waals surface area contributed by atoms with E-state index in [9.17, 15) is 9.90 Å². The van der Waals surface area contributed by atoms with E-state index in [1.165, 1.54) is 16.8 Å². The van der Waals surface area contributed by atoms with Gasteiger partial charge in [0.15, 0.2) is 5.82 Å². The summed E-state index contributed by atoms with van der Waals surface area (Å²) in [7, 11) is 1.66. The molecule has 2 N–H and O–H groups in total. The summed E-state index contributed by atoms with van der Waals surface area (Å²) in [6.07, 6.45) is 0.0825. The minimum atomic E-state index is -0.242. The number of benzene rings is 1. The zero-order valence-corrected chi connectivity index (χ0v) is 9.16. The van der Waals surface area contributed by atoms with Gasteiger partial charge in [0.25, 0.3) is 0 Å². The molecule has 0 aliphatic carbocycles. The summed E-state index contributed by atoms with van der Waals surface area (Å²) in [5.41, 5.74) is 0.533. The summed E-state index contributed by atoms with van der Waals surface area (Å²) < 4.78 is 1.43. The van der Waals surface area contributed by atoms with Crippen LogP contribution < -0.4 is 5.32 Å². The maximum absolute atomic E-state index is 11.6. The molecular formula is C10H11N5O2. The number of anilines is 1. The normalized spacial score (nSPS) is 10.2. The fourth-order valence-corrected chi connectivity index (χ4v) is 1.33. The van der Waals surface area contributed by atoms with E-state index in [4.69, 9.17) is 0 Å². The SMILES string of the molecule is Cn1nnnc1CC(=O)Nc1cccc(O)c1. The maximum atomic E-state index is 11.6. The van der Waals surface area contributed by atoms with Gasteiger partial charge in [-0.3, -0.25) is 4.79 Å². The molecule has 0 saturated heterocycles. The van der Waals surface area contributed by atoms with Crippen molar-refractivity contribution in [3.05, 3.63) is 30.1 Å². The quantitative estimate of drug-likeness (QED) is 0.784. The van der Waals surface area contributed by atoms with Gasteiger partial charge in [-0.1, -0.05) is 6.07 Å². The molecule has 2 aromatic rings. The number of hydrogen-bond donors (Lipinski definition) is 2. The summed E-state index contributed by atoms with van der Waals surface area (Å²) in [6, 6.07) is 6.33. The van der Waals surface area contributed by atoms with Crippen LogP contribution in [0.25, 0.3) is 0 Å². The van der Waals surface area contributed by atoms with Crippen molar-refractivity contribution < 1.29 is 9.90 Å². The van der Waals surface area contributed by atoms with Crippen LogP contribution in [0, 0.1) is 0 Å². The Morgan fingerprint density at radius 2 is 2.35 bits per heavy atom. The third kappa shape index (κ3) is 2.77. The van der Waals surface area contributed by atoms with Crippen LogP contribution in [-0.2, 0) is 18.3 Å². The highest BCUT2D eigenvalue weighted by atomic mass is 16.3. The number of tetrazole rings is 1. The standard InChI is InChI=1S/C10H11N5O2/c1-15-9(12-13-14-15)6-10(17)11-7-3-2-4-8(16)5-7/h2-5,16H,6H2,1H3,(H,11,17). The Morgan fingerprint density at radius 1 is 1.53 bits per heavy atom. The average molecular weight is 233 g/mol. The lowest BCUT2D eigenvalue weighted by molar-refractivity contribution is -0.115. The average Bonchev–Trinajstić information content (AvgIpc) is 2.64. The molecule has 0 bridgehead atoms. The van der Waals surface area contributed by atoms with Crippen LogP contribution in [0.3, 0.4) is 0 Å². The molecule has 1 aromatic carbocycles. The molecule has 0 aliphatic rings. The Kier molecular flexibility index (Phi) is 2.99.